The molecule has 35 heavy (non-hydrogen) atoms. The van der Waals surface area contributed by atoms with Crippen LogP contribution >= 0.6 is 22.7 Å². The molecule has 0 aromatic carbocycles. The Balaban J connectivity index is 1.59. The number of hydrazine groups is 1. The predicted molar refractivity (Wildman–Crippen MR) is 145 cm³/mol. The Morgan fingerprint density at radius 3 is 2.26 bits per heavy atom. The van der Waals surface area contributed by atoms with Crippen LogP contribution in [0.2, 0.25) is 0 Å². The Morgan fingerprint density at radius 2 is 1.69 bits per heavy atom. The summed E-state index contributed by atoms with van der Waals surface area (Å²) in [6, 6.07) is 1.08. The van der Waals surface area contributed by atoms with E-state index < -0.39 is 5.97 Å². The second-order valence-corrected chi connectivity index (χ2v) is 13.6. The highest BCUT2D eigenvalue weighted by molar-refractivity contribution is 7.24. The van der Waals surface area contributed by atoms with Gasteiger partial charge in [-0.15, -0.1) is 11.3 Å². The van der Waals surface area contributed by atoms with Crippen molar-refractivity contribution in [3.63, 3.8) is 0 Å². The van der Waals surface area contributed by atoms with Gasteiger partial charge in [0.2, 0.25) is 0 Å². The van der Waals surface area contributed by atoms with Crippen LogP contribution < -0.4 is 16.2 Å². The number of hydrogen-bond donors (Lipinski definition) is 3. The summed E-state index contributed by atoms with van der Waals surface area (Å²) in [4.78, 5) is 23.6. The van der Waals surface area contributed by atoms with Crippen LogP contribution in [-0.4, -0.2) is 28.1 Å². The van der Waals surface area contributed by atoms with Gasteiger partial charge >= 0.3 is 5.97 Å². The van der Waals surface area contributed by atoms with Gasteiger partial charge in [0.05, 0.1) is 27.6 Å². The summed E-state index contributed by atoms with van der Waals surface area (Å²) < 4.78 is 0. The lowest BCUT2D eigenvalue weighted by Gasteiger charge is -2.41. The fourth-order valence-corrected chi connectivity index (χ4v) is 9.17. The van der Waals surface area contributed by atoms with E-state index in [1.54, 1.807) is 22.7 Å². The van der Waals surface area contributed by atoms with Crippen LogP contribution in [-0.2, 0) is 19.4 Å². The highest BCUT2D eigenvalue weighted by atomic mass is 32.1. The molecule has 4 N–H and O–H groups in total. The van der Waals surface area contributed by atoms with E-state index in [1.165, 1.54) is 69.1 Å². The maximum atomic E-state index is 12.6. The van der Waals surface area contributed by atoms with Crippen LogP contribution in [0.15, 0.2) is 0 Å². The number of aryl methyl sites for hydroxylation is 1. The van der Waals surface area contributed by atoms with Crippen LogP contribution in [0.5, 0.6) is 0 Å². The Bertz CT molecular complexity index is 1030. The third kappa shape index (κ3) is 5.17. The number of aromatic nitrogens is 1. The number of carboxylic acids is 1. The van der Waals surface area contributed by atoms with E-state index in [2.05, 4.69) is 24.2 Å². The van der Waals surface area contributed by atoms with Gasteiger partial charge in [0.25, 0.3) is 0 Å². The van der Waals surface area contributed by atoms with Gasteiger partial charge in [0, 0.05) is 17.0 Å². The summed E-state index contributed by atoms with van der Waals surface area (Å²) in [7, 11) is 0. The van der Waals surface area contributed by atoms with Crippen LogP contribution in [0, 0.1) is 5.41 Å². The first-order valence-electron chi connectivity index (χ1n) is 13.5. The molecule has 0 aliphatic heterocycles. The van der Waals surface area contributed by atoms with Gasteiger partial charge in [-0.05, 0) is 55.9 Å². The van der Waals surface area contributed by atoms with Crippen molar-refractivity contribution in [1.29, 1.82) is 0 Å². The molecular formula is C27H40N4O2S2. The SMILES string of the molecule is CC1(C)CCc2sc(-c3sc(N(C4CCCCC4)C4CCCCC4)nc3CNN)c(C(=O)O)c2C1. The molecular weight excluding hydrogens is 476 g/mol. The van der Waals surface area contributed by atoms with Crippen molar-refractivity contribution >= 4 is 33.8 Å². The molecule has 2 saturated carbocycles. The molecule has 0 bridgehead atoms. The van der Waals surface area contributed by atoms with Crippen molar-refractivity contribution in [2.75, 3.05) is 4.90 Å². The Kier molecular flexibility index (Phi) is 7.54. The minimum atomic E-state index is -0.812. The van der Waals surface area contributed by atoms with E-state index in [1.807, 2.05) is 0 Å². The molecule has 3 aliphatic rings. The lowest BCUT2D eigenvalue weighted by atomic mass is 9.76. The zero-order chi connectivity index (χ0) is 24.6. The molecule has 2 fully saturated rings. The number of nitrogens with one attached hydrogen (secondary N) is 1. The largest absolute Gasteiger partial charge is 0.478 e. The van der Waals surface area contributed by atoms with Crippen LogP contribution in [0.1, 0.15) is 111 Å². The van der Waals surface area contributed by atoms with Crippen LogP contribution in [0.3, 0.4) is 0 Å². The first kappa shape index (κ1) is 25.2. The fraction of sp³-hybridized carbons (Fsp3) is 0.704. The number of carboxylic acid groups (broad SMARTS) is 1. The van der Waals surface area contributed by atoms with E-state index in [4.69, 9.17) is 10.8 Å². The minimum absolute atomic E-state index is 0.134. The molecule has 6 nitrogen and oxygen atoms in total. The van der Waals surface area contributed by atoms with Gasteiger partial charge in [-0.2, -0.15) is 0 Å². The van der Waals surface area contributed by atoms with Gasteiger partial charge < -0.3 is 10.0 Å². The predicted octanol–water partition coefficient (Wildman–Crippen LogP) is 6.52. The standard InChI is InChI=1S/C27H40N4O2S2/c1-27(2)14-13-21-19(15-27)22(25(32)33)24(34-21)23-20(16-29-28)30-26(35-23)31(17-9-5-3-6-10-17)18-11-7-4-8-12-18/h17-18,29H,3-16,28H2,1-2H3,(H,32,33). The van der Waals surface area contributed by atoms with Gasteiger partial charge in [-0.1, -0.05) is 63.7 Å². The summed E-state index contributed by atoms with van der Waals surface area (Å²) in [5.74, 6) is 4.99. The molecule has 0 unspecified atom stereocenters. The van der Waals surface area contributed by atoms with Gasteiger partial charge in [0.1, 0.15) is 0 Å². The first-order valence-corrected chi connectivity index (χ1v) is 15.1. The molecule has 2 aromatic rings. The Morgan fingerprint density at radius 1 is 1.06 bits per heavy atom. The molecule has 192 valence electrons. The highest BCUT2D eigenvalue weighted by Gasteiger charge is 2.36. The summed E-state index contributed by atoms with van der Waals surface area (Å²) in [5.41, 5.74) is 5.39. The lowest BCUT2D eigenvalue weighted by molar-refractivity contribution is 0.0696. The van der Waals surface area contributed by atoms with Crippen molar-refractivity contribution in [2.24, 2.45) is 11.3 Å². The molecule has 0 radical (unpaired) electrons. The molecule has 5 rings (SSSR count). The van der Waals surface area contributed by atoms with Crippen molar-refractivity contribution in [1.82, 2.24) is 10.4 Å². The van der Waals surface area contributed by atoms with Gasteiger partial charge in [-0.3, -0.25) is 11.3 Å². The average molecular weight is 517 g/mol. The fourth-order valence-electron chi connectivity index (χ4n) is 6.48. The molecule has 2 heterocycles. The van der Waals surface area contributed by atoms with Crippen molar-refractivity contribution in [2.45, 2.75) is 116 Å². The van der Waals surface area contributed by atoms with Crippen molar-refractivity contribution in [3.05, 3.63) is 21.7 Å². The topological polar surface area (TPSA) is 91.5 Å². The first-order chi connectivity index (χ1) is 16.9. The number of anilines is 1. The van der Waals surface area contributed by atoms with Crippen LogP contribution in [0.25, 0.3) is 9.75 Å². The van der Waals surface area contributed by atoms with Gasteiger partial charge in [-0.25, -0.2) is 9.78 Å². The normalized spacial score (nSPS) is 21.1. The van der Waals surface area contributed by atoms with Crippen LogP contribution in [0.4, 0.5) is 5.13 Å². The second-order valence-electron chi connectivity index (χ2n) is 11.5. The summed E-state index contributed by atoms with van der Waals surface area (Å²) in [5, 5.41) is 11.4. The molecule has 8 heteroatoms. The van der Waals surface area contributed by atoms with E-state index in [0.717, 1.165) is 45.4 Å². The monoisotopic (exact) mass is 516 g/mol. The van der Waals surface area contributed by atoms with Crippen molar-refractivity contribution in [3.8, 4) is 9.75 Å². The third-order valence-electron chi connectivity index (χ3n) is 8.31. The Labute approximate surface area is 217 Å². The number of fused-ring (bicyclic) bond motifs is 1. The molecule has 0 amide bonds. The molecule has 2 aromatic heterocycles. The summed E-state index contributed by atoms with van der Waals surface area (Å²) in [6.45, 7) is 4.95. The average Bonchev–Trinajstić information content (AvgIpc) is 3.41. The maximum Gasteiger partial charge on any atom is 0.337 e. The molecule has 3 aliphatic carbocycles. The van der Waals surface area contributed by atoms with Crippen molar-refractivity contribution < 1.29 is 9.90 Å². The third-order valence-corrected chi connectivity index (χ3v) is 10.9. The highest BCUT2D eigenvalue weighted by Crippen LogP contribution is 2.49. The number of thiazole rings is 1. The molecule has 0 spiro atoms. The minimum Gasteiger partial charge on any atom is -0.478 e. The smallest absolute Gasteiger partial charge is 0.337 e. The number of carbonyl (C=O) groups is 1. The van der Waals surface area contributed by atoms with E-state index in [0.29, 0.717) is 24.2 Å². The van der Waals surface area contributed by atoms with E-state index in [-0.39, 0.29) is 5.41 Å². The number of aromatic carboxylic acids is 1. The second kappa shape index (κ2) is 10.5. The zero-order valence-electron chi connectivity index (χ0n) is 21.2. The summed E-state index contributed by atoms with van der Waals surface area (Å²) in [6.07, 6.45) is 15.7. The number of rotatable bonds is 7. The van der Waals surface area contributed by atoms with Gasteiger partial charge in [0.15, 0.2) is 5.13 Å². The molecule has 0 saturated heterocycles. The number of nitrogens with zero attached hydrogens (tertiary/aromatic N) is 2. The molecule has 0 atom stereocenters. The summed E-state index contributed by atoms with van der Waals surface area (Å²) >= 11 is 3.39. The van der Waals surface area contributed by atoms with E-state index in [9.17, 15) is 9.90 Å². The van der Waals surface area contributed by atoms with E-state index >= 15 is 0 Å². The Hall–Kier alpha value is -1.48. The zero-order valence-corrected chi connectivity index (χ0v) is 22.8. The number of thiophene rings is 1. The number of hydrogen-bond acceptors (Lipinski definition) is 7. The maximum absolute atomic E-state index is 12.6. The number of nitrogens with two attached hydrogens (primary N) is 1. The quantitative estimate of drug-likeness (QED) is 0.287. The lowest BCUT2D eigenvalue weighted by Crippen LogP contribution is -2.45.